The maximum atomic E-state index is 14.2. The van der Waals surface area contributed by atoms with E-state index in [0.29, 0.717) is 27.9 Å². The van der Waals surface area contributed by atoms with E-state index in [0.717, 1.165) is 174 Å². The van der Waals surface area contributed by atoms with Crippen molar-refractivity contribution in [2.24, 2.45) is 0 Å². The Bertz CT molecular complexity index is 7590. The predicted octanol–water partition coefficient (Wildman–Crippen LogP) is 29.3. The Labute approximate surface area is 746 Å². The van der Waals surface area contributed by atoms with E-state index in [-0.39, 0.29) is 33.4 Å². The van der Waals surface area contributed by atoms with Crippen LogP contribution in [0.3, 0.4) is 0 Å². The summed E-state index contributed by atoms with van der Waals surface area (Å²) >= 11 is 3.24. The van der Waals surface area contributed by atoms with Gasteiger partial charge in [-0.2, -0.15) is 0 Å². The normalized spacial score (nSPS) is 14.3. The van der Waals surface area contributed by atoms with Crippen LogP contribution in [0.25, 0.3) is 129 Å². The van der Waals surface area contributed by atoms with Crippen LogP contribution in [0.4, 0.5) is 28.4 Å². The number of hydrogen-bond donors (Lipinski definition) is 0. The largest absolute Gasteiger partial charge is 0.435 e. The summed E-state index contributed by atoms with van der Waals surface area (Å²) in [5, 5.41) is 11.6. The van der Waals surface area contributed by atoms with E-state index < -0.39 is 5.63 Å². The number of fused-ring (bicyclic) bond motifs is 14. The second-order valence-corrected chi connectivity index (χ2v) is 40.7. The highest BCUT2D eigenvalue weighted by Crippen LogP contribution is 2.54. The minimum Gasteiger partial charge on any atom is -0.435 e. The average molecular weight is 1710 g/mol. The maximum Gasteiger partial charge on any atom is 0.349 e. The quantitative estimate of drug-likeness (QED) is 0.107. The molecule has 6 aromatic heterocycles. The topological polar surface area (TPSA) is 152 Å². The first-order chi connectivity index (χ1) is 60.1. The maximum absolute atomic E-state index is 14.2. The molecule has 0 unspecified atom stereocenters. The highest BCUT2D eigenvalue weighted by molar-refractivity contribution is 7.22. The molecule has 17 aromatic rings. The van der Waals surface area contributed by atoms with Crippen LogP contribution in [0.1, 0.15) is 213 Å². The fourth-order valence-electron chi connectivity index (χ4n) is 20.4. The minimum absolute atomic E-state index is 0.0568. The fraction of sp³-hybridized carbons (Fsp3) is 0.351. The van der Waals surface area contributed by atoms with Gasteiger partial charge in [-0.05, 0) is 330 Å². The van der Waals surface area contributed by atoms with E-state index >= 15 is 0 Å². The second-order valence-electron chi connectivity index (χ2n) is 38.6. The van der Waals surface area contributed by atoms with Crippen LogP contribution >= 0.6 is 22.7 Å². The third-order valence-electron chi connectivity index (χ3n) is 29.0. The first-order valence-electron chi connectivity index (χ1n) is 45.3. The third kappa shape index (κ3) is 14.2. The Morgan fingerprint density at radius 2 is 1.09 bits per heavy atom. The molecule has 0 aliphatic carbocycles. The van der Waals surface area contributed by atoms with Gasteiger partial charge in [0, 0.05) is 105 Å². The number of anilines is 5. The van der Waals surface area contributed by atoms with E-state index in [4.69, 9.17) is 32.6 Å². The van der Waals surface area contributed by atoms with E-state index in [1.807, 2.05) is 43.3 Å². The number of benzene rings is 11. The van der Waals surface area contributed by atoms with E-state index in [9.17, 15) is 14.4 Å². The van der Waals surface area contributed by atoms with Crippen LogP contribution < -0.4 is 31.6 Å². The van der Waals surface area contributed by atoms with Gasteiger partial charge in [-0.25, -0.2) is 29.3 Å². The number of para-hydroxylation sites is 1. The zero-order valence-corrected chi connectivity index (χ0v) is 79.3. The summed E-state index contributed by atoms with van der Waals surface area (Å²) in [7, 11) is 0. The smallest absolute Gasteiger partial charge is 0.349 e. The number of aryl methyl sites for hydroxylation is 12. The van der Waals surface area contributed by atoms with Crippen LogP contribution in [0, 0.1) is 96.9 Å². The van der Waals surface area contributed by atoms with E-state index in [2.05, 4.69) is 258 Å². The van der Waals surface area contributed by atoms with Gasteiger partial charge in [0.15, 0.2) is 5.58 Å². The molecule has 0 amide bonds. The van der Waals surface area contributed by atoms with Crippen LogP contribution in [-0.2, 0) is 29.1 Å². The first kappa shape index (κ1) is 85.3. The van der Waals surface area contributed by atoms with Crippen molar-refractivity contribution in [1.29, 1.82) is 0 Å². The molecule has 9 heterocycles. The summed E-state index contributed by atoms with van der Waals surface area (Å²) in [6.45, 7) is 54.9. The summed E-state index contributed by atoms with van der Waals surface area (Å²) in [6, 6.07) is 44.4. The third-order valence-corrected chi connectivity index (χ3v) is 31.2. The fourth-order valence-corrected chi connectivity index (χ4v) is 22.7. The van der Waals surface area contributed by atoms with E-state index in [1.54, 1.807) is 22.7 Å². The number of oxazole rings is 1. The summed E-state index contributed by atoms with van der Waals surface area (Å²) in [5.74, 6) is 0.290. The zero-order chi connectivity index (χ0) is 89.1. The lowest BCUT2D eigenvalue weighted by atomic mass is 9.69. The summed E-state index contributed by atoms with van der Waals surface area (Å²) < 4.78 is 27.3. The van der Waals surface area contributed by atoms with Gasteiger partial charge in [-0.15, -0.1) is 22.7 Å². The molecule has 13 nitrogen and oxygen atoms in total. The number of aromatic nitrogens is 3. The van der Waals surface area contributed by atoms with Crippen molar-refractivity contribution < 1.29 is 17.7 Å². The first-order valence-corrected chi connectivity index (χ1v) is 46.9. The molecular formula is C111H116N6O7S2. The number of rotatable bonds is 12. The molecule has 644 valence electrons. The lowest BCUT2D eigenvalue weighted by molar-refractivity contribution is 0.398. The standard InChI is InChI=1S/C40H36N2O3.C38H44N2O2S.C33H36N2O2S/c1-21-14-16-30(17-15-21)42(29-12-10-9-11-13-29)31-18-19-32-28(8)36(40(43)44-33(32)20-31)39-41-37-27(7)26(6)34-24(4)22(2)23(3)25(5)35(34)38(37)45-39;1-9-10-11-25-26-21-27-32-30(38(7,8)17-19-40(32)18-16-37(27,5)6)33(26)42-35(41)29(25)34-39-31-24-14-13-23(36(2,3)4)20-22(24)12-15-28(31)43-34;1-8-9-12-35-13-10-11-23-14-24-15-25(33(36)37-27(24)16-26(23)35)32-34-30-22(7)21(6)28-19(4)17(2)18(3)20(5)29(28)31(30)38-32/h9-20H,1-8H3;12-15,20-21H,9-11,16-19H2,1-8H3;14-16H,8-13H2,1-7H3. The molecule has 126 heavy (non-hydrogen) atoms. The van der Waals surface area contributed by atoms with Gasteiger partial charge in [0.2, 0.25) is 5.89 Å². The number of thiazole rings is 2. The van der Waals surface area contributed by atoms with Crippen molar-refractivity contribution in [2.75, 3.05) is 40.9 Å². The van der Waals surface area contributed by atoms with Gasteiger partial charge < -0.3 is 32.4 Å². The van der Waals surface area contributed by atoms with Crippen LogP contribution in [0.15, 0.2) is 159 Å². The van der Waals surface area contributed by atoms with Crippen LogP contribution in [-0.4, -0.2) is 41.1 Å². The van der Waals surface area contributed by atoms with Crippen molar-refractivity contribution in [3.8, 4) is 32.6 Å². The van der Waals surface area contributed by atoms with Crippen molar-refractivity contribution in [3.63, 3.8) is 0 Å². The number of nitrogens with zero attached hydrogens (tertiary/aromatic N) is 6. The second kappa shape index (κ2) is 32.1. The van der Waals surface area contributed by atoms with Crippen molar-refractivity contribution in [1.82, 2.24) is 15.0 Å². The molecule has 0 saturated heterocycles. The van der Waals surface area contributed by atoms with E-state index in [1.165, 1.54) is 139 Å². The Hall–Kier alpha value is -11.5. The SMILES string of the molecule is CCCCN1CCCc2cc3cc(-c4nc5c(C)c(C)c6c(C)c(C)c(C)c(C)c6c5s4)c(=O)oc3cc21.CCCCc1c(-c2nc3c(ccc4cc(C(C)(C)C)ccc43)s2)c(=O)oc2c3c4c(cc12)C(C)(C)CCN4CCC3(C)C.Cc1ccc(N(c2ccccc2)c2ccc3c(C)c(-c4nc5c(C)c(C)c6c(C)c(C)c(C)c(C)c6c5o4)c(=O)oc3c2)cc1. The van der Waals surface area contributed by atoms with Gasteiger partial charge in [-0.1, -0.05) is 135 Å². The lowest BCUT2D eigenvalue weighted by Gasteiger charge is -2.48. The van der Waals surface area contributed by atoms with Gasteiger partial charge in [0.05, 0.1) is 31.6 Å². The van der Waals surface area contributed by atoms with Gasteiger partial charge in [0.1, 0.15) is 37.8 Å². The Morgan fingerprint density at radius 1 is 0.476 bits per heavy atom. The number of unbranched alkanes of at least 4 members (excludes halogenated alkanes) is 2. The van der Waals surface area contributed by atoms with Gasteiger partial charge >= 0.3 is 16.9 Å². The highest BCUT2D eigenvalue weighted by Gasteiger charge is 2.43. The molecule has 20 rings (SSSR count). The molecule has 0 radical (unpaired) electrons. The monoisotopic (exact) mass is 1710 g/mol. The molecule has 0 atom stereocenters. The molecule has 0 fully saturated rings. The molecule has 15 heteroatoms. The molecule has 3 aliphatic heterocycles. The summed E-state index contributed by atoms with van der Waals surface area (Å²) in [5.41, 5.74) is 34.9. The Balaban J connectivity index is 0.000000129. The minimum atomic E-state index is -0.469. The molecule has 0 N–H and O–H groups in total. The summed E-state index contributed by atoms with van der Waals surface area (Å²) in [6.07, 6.45) is 9.65. The van der Waals surface area contributed by atoms with Crippen molar-refractivity contribution in [3.05, 3.63) is 264 Å². The lowest BCUT2D eigenvalue weighted by Crippen LogP contribution is -2.44. The van der Waals surface area contributed by atoms with Gasteiger partial charge in [-0.3, -0.25) is 0 Å². The average Bonchev–Trinajstić information content (AvgIpc) is 0.812. The van der Waals surface area contributed by atoms with Crippen molar-refractivity contribution in [2.45, 2.75) is 233 Å². The van der Waals surface area contributed by atoms with Crippen LogP contribution in [0.2, 0.25) is 0 Å². The predicted molar refractivity (Wildman–Crippen MR) is 531 cm³/mol. The molecule has 0 saturated carbocycles. The highest BCUT2D eigenvalue weighted by atomic mass is 32.1. The van der Waals surface area contributed by atoms with Gasteiger partial charge in [0.25, 0.3) is 0 Å². The summed E-state index contributed by atoms with van der Waals surface area (Å²) in [4.78, 5) is 63.6. The molecule has 0 spiro atoms. The molecule has 0 bridgehead atoms. The molecule has 11 aromatic carbocycles. The molecular weight excluding hydrogens is 1590 g/mol. The van der Waals surface area contributed by atoms with Crippen LogP contribution in [0.5, 0.6) is 0 Å². The number of hydrogen-bond acceptors (Lipinski definition) is 15. The van der Waals surface area contributed by atoms with Crippen molar-refractivity contribution >= 4 is 148 Å². The Morgan fingerprint density at radius 3 is 1.78 bits per heavy atom. The molecule has 3 aliphatic rings. The Kier molecular flexibility index (Phi) is 21.7. The zero-order valence-electron chi connectivity index (χ0n) is 77.7.